The van der Waals surface area contributed by atoms with Gasteiger partial charge in [-0.1, -0.05) is 0 Å². The molecule has 0 rings (SSSR count). The third-order valence-electron chi connectivity index (χ3n) is 0. The van der Waals surface area contributed by atoms with Gasteiger partial charge in [-0.3, -0.25) is 0 Å². The molecule has 0 atom stereocenters. The molecule has 0 aliphatic rings. The number of hydrogen-bond acceptors (Lipinski definition) is 0. The molecule has 0 spiro atoms. The third kappa shape index (κ3) is 8.83. The Balaban J connectivity index is 0. The van der Waals surface area contributed by atoms with Gasteiger partial charge >= 0.3 is 86.6 Å². The first kappa shape index (κ1) is 29.9. The van der Waals surface area contributed by atoms with E-state index < -0.39 is 0 Å². The van der Waals surface area contributed by atoms with Gasteiger partial charge in [0.05, 0.1) is 0 Å². The largest absolute Gasteiger partial charge is 2.00 e. The van der Waals surface area contributed by atoms with Crippen molar-refractivity contribution in [3.8, 4) is 0 Å². The molecule has 0 heterocycles. The summed E-state index contributed by atoms with van der Waals surface area (Å²) in [6.07, 6.45) is 0. The molecular formula is H2BaCaF2. The Morgan fingerprint density at radius 1 is 1.00 bits per heavy atom. The fourth-order valence-corrected chi connectivity index (χ4v) is 0. The van der Waals surface area contributed by atoms with Crippen LogP contribution in [0.25, 0.3) is 0 Å². The predicted octanol–water partition coefficient (Wildman–Crippen LogP) is -6.53. The second kappa shape index (κ2) is 17.3. The number of hydrogen-bond donors (Lipinski definition) is 0. The van der Waals surface area contributed by atoms with E-state index in [1.165, 1.54) is 0 Å². The van der Waals surface area contributed by atoms with Crippen molar-refractivity contribution in [2.45, 2.75) is 0 Å². The minimum atomic E-state index is 0. The maximum Gasteiger partial charge on any atom is 2.00 e. The molecule has 0 saturated carbocycles. The molecule has 0 fully saturated rings. The third-order valence-corrected chi connectivity index (χ3v) is 0. The van der Waals surface area contributed by atoms with Crippen molar-refractivity contribution in [1.29, 1.82) is 0 Å². The van der Waals surface area contributed by atoms with Crippen LogP contribution in [0.5, 0.6) is 0 Å². The van der Waals surface area contributed by atoms with Gasteiger partial charge in [0.15, 0.2) is 0 Å². The van der Waals surface area contributed by atoms with Crippen molar-refractivity contribution in [1.82, 2.24) is 0 Å². The van der Waals surface area contributed by atoms with Crippen molar-refractivity contribution >= 4 is 86.6 Å². The van der Waals surface area contributed by atoms with Crippen LogP contribution in [-0.2, 0) is 0 Å². The summed E-state index contributed by atoms with van der Waals surface area (Å²) in [7, 11) is 0. The van der Waals surface area contributed by atoms with E-state index in [0.717, 1.165) is 0 Å². The smallest absolute Gasteiger partial charge is 1.00 e. The molecule has 0 aliphatic heterocycles. The molecule has 4 heavy (non-hydrogen) atoms. The van der Waals surface area contributed by atoms with E-state index in [1.807, 2.05) is 0 Å². The van der Waals surface area contributed by atoms with E-state index >= 15 is 0 Å². The molecule has 0 N–H and O–H groups in total. The van der Waals surface area contributed by atoms with Gasteiger partial charge < -0.3 is 12.3 Å². The molecule has 0 saturated heterocycles. The molecule has 4 heteroatoms. The molecule has 0 aromatic carbocycles. The fourth-order valence-electron chi connectivity index (χ4n) is 0. The van der Waals surface area contributed by atoms with Gasteiger partial charge in [0.1, 0.15) is 0 Å². The molecule has 20 valence electrons. The van der Waals surface area contributed by atoms with Gasteiger partial charge in [0.25, 0.3) is 0 Å². The van der Waals surface area contributed by atoms with Crippen LogP contribution in [0, 0.1) is 0 Å². The van der Waals surface area contributed by atoms with Gasteiger partial charge in [0.2, 0.25) is 0 Å². The van der Waals surface area contributed by atoms with Gasteiger partial charge in [0, 0.05) is 0 Å². The van der Waals surface area contributed by atoms with E-state index in [1.54, 1.807) is 0 Å². The zero-order chi connectivity index (χ0) is 0. The van der Waals surface area contributed by atoms with Crippen molar-refractivity contribution in [2.75, 3.05) is 0 Å². The number of halogens is 2. The summed E-state index contributed by atoms with van der Waals surface area (Å²) in [6.45, 7) is 0. The van der Waals surface area contributed by atoms with Crippen molar-refractivity contribution in [3.05, 3.63) is 0 Å². The second-order valence-electron chi connectivity index (χ2n) is 0. The van der Waals surface area contributed by atoms with Crippen LogP contribution in [0.4, 0.5) is 0 Å². The van der Waals surface area contributed by atoms with Crippen LogP contribution in [0.1, 0.15) is 2.85 Å². The van der Waals surface area contributed by atoms with Crippen molar-refractivity contribution < 1.29 is 12.3 Å². The Kier molecular flexibility index (Phi) is 129. The Labute approximate surface area is 96.5 Å². The topological polar surface area (TPSA) is 0 Å². The summed E-state index contributed by atoms with van der Waals surface area (Å²) in [5.41, 5.74) is 0. The minimum absolute atomic E-state index is 0. The summed E-state index contributed by atoms with van der Waals surface area (Å²) in [5, 5.41) is 0. The Morgan fingerprint density at radius 2 is 1.00 bits per heavy atom. The maximum absolute atomic E-state index is 0. The van der Waals surface area contributed by atoms with Crippen LogP contribution in [0.15, 0.2) is 0 Å². The van der Waals surface area contributed by atoms with E-state index in [4.69, 9.17) is 0 Å². The molecular weight excluding hydrogens is 215 g/mol. The summed E-state index contributed by atoms with van der Waals surface area (Å²) in [4.78, 5) is 0. The molecule has 0 aliphatic carbocycles. The molecule has 0 aromatic heterocycles. The quantitative estimate of drug-likeness (QED) is 0.354. The molecule has 0 aromatic rings. The summed E-state index contributed by atoms with van der Waals surface area (Å²) in [6, 6.07) is 0. The van der Waals surface area contributed by atoms with E-state index in [2.05, 4.69) is 0 Å². The molecule has 0 bridgehead atoms. The minimum Gasteiger partial charge on any atom is -1.00 e. The second-order valence-corrected chi connectivity index (χ2v) is 0. The van der Waals surface area contributed by atoms with E-state index in [-0.39, 0.29) is 98.9 Å². The standard InChI is InChI=1S/Ba.Ca.2FH.2H/h;;2*1H;;/q2*+2;;;2*-1/p-2. The Bertz CT molecular complexity index is 11.5. The molecule has 0 radical (unpaired) electrons. The molecule has 0 amide bonds. The van der Waals surface area contributed by atoms with Crippen LogP contribution >= 0.6 is 0 Å². The zero-order valence-electron chi connectivity index (χ0n) is 4.17. The monoisotopic (exact) mass is 218 g/mol. The Hall–Kier alpha value is 2.69. The average Bonchev–Trinajstić information content (AvgIpc) is 0. The maximum atomic E-state index is 0. The van der Waals surface area contributed by atoms with Crippen molar-refractivity contribution in [3.63, 3.8) is 0 Å². The average molecular weight is 217 g/mol. The summed E-state index contributed by atoms with van der Waals surface area (Å²) >= 11 is 0. The fraction of sp³-hybridized carbons (Fsp3) is 0. The van der Waals surface area contributed by atoms with Crippen molar-refractivity contribution in [2.24, 2.45) is 0 Å². The van der Waals surface area contributed by atoms with Gasteiger partial charge in [-0.05, 0) is 0 Å². The van der Waals surface area contributed by atoms with Gasteiger partial charge in [-0.2, -0.15) is 0 Å². The summed E-state index contributed by atoms with van der Waals surface area (Å²) in [5.74, 6) is 0. The number of rotatable bonds is 0. The first-order valence-corrected chi connectivity index (χ1v) is 0. The SMILES string of the molecule is [Ba+2].[Ca+2].[F-].[F-].[H-].[H-]. The van der Waals surface area contributed by atoms with Crippen LogP contribution in [-0.4, -0.2) is 86.6 Å². The summed E-state index contributed by atoms with van der Waals surface area (Å²) < 4.78 is 0. The first-order chi connectivity index (χ1) is 0. The first-order valence-electron chi connectivity index (χ1n) is 0. The van der Waals surface area contributed by atoms with Gasteiger partial charge in [-0.15, -0.1) is 0 Å². The molecule has 0 nitrogen and oxygen atoms in total. The zero-order valence-corrected chi connectivity index (χ0v) is 8.82. The van der Waals surface area contributed by atoms with E-state index in [9.17, 15) is 0 Å². The molecule has 0 unspecified atom stereocenters. The van der Waals surface area contributed by atoms with Crippen LogP contribution in [0.3, 0.4) is 0 Å². The van der Waals surface area contributed by atoms with Crippen LogP contribution < -0.4 is 9.41 Å². The van der Waals surface area contributed by atoms with Crippen LogP contribution in [0.2, 0.25) is 0 Å². The van der Waals surface area contributed by atoms with E-state index in [0.29, 0.717) is 0 Å². The normalized spacial score (nSPS) is 0. The predicted molar refractivity (Wildman–Crippen MR) is 13.7 cm³/mol. The van der Waals surface area contributed by atoms with Gasteiger partial charge in [-0.25, -0.2) is 0 Å². The Morgan fingerprint density at radius 3 is 1.00 bits per heavy atom.